The smallest absolute Gasteiger partial charge is 0.330 e. The van der Waals surface area contributed by atoms with Crippen LogP contribution >= 0.6 is 23.5 Å². The van der Waals surface area contributed by atoms with E-state index in [-0.39, 0.29) is 28.0 Å². The van der Waals surface area contributed by atoms with Gasteiger partial charge in [0.2, 0.25) is 0 Å². The standard InChI is InChI=1S/C12H10N4O5S2/c17-10(13-12(11(18)19)1-2-22-5-12)6-3-7-9(15-23-14-7)8(4-6)16(20)21/h3-4H,1-2,5H2,(H,13,17)(H,18,19). The van der Waals surface area contributed by atoms with E-state index in [0.717, 1.165) is 17.8 Å². The first-order valence-corrected chi connectivity index (χ1v) is 8.36. The molecule has 1 saturated heterocycles. The Balaban J connectivity index is 1.98. The molecule has 2 heterocycles. The highest BCUT2D eigenvalue weighted by molar-refractivity contribution is 7.99. The van der Waals surface area contributed by atoms with Crippen molar-refractivity contribution in [3.63, 3.8) is 0 Å². The second kappa shape index (κ2) is 5.74. The van der Waals surface area contributed by atoms with E-state index in [2.05, 4.69) is 14.1 Å². The zero-order valence-electron chi connectivity index (χ0n) is 11.5. The van der Waals surface area contributed by atoms with Crippen molar-refractivity contribution in [1.82, 2.24) is 14.1 Å². The Hall–Kier alpha value is -2.27. The lowest BCUT2D eigenvalue weighted by molar-refractivity contribution is -0.383. The quantitative estimate of drug-likeness (QED) is 0.619. The van der Waals surface area contributed by atoms with Gasteiger partial charge in [-0.15, -0.1) is 0 Å². The number of nitro benzene ring substituents is 1. The van der Waals surface area contributed by atoms with Gasteiger partial charge >= 0.3 is 5.97 Å². The summed E-state index contributed by atoms with van der Waals surface area (Å²) in [5.41, 5.74) is -1.33. The number of fused-ring (bicyclic) bond motifs is 1. The normalized spacial score (nSPS) is 20.5. The van der Waals surface area contributed by atoms with Gasteiger partial charge in [-0.2, -0.15) is 20.5 Å². The maximum absolute atomic E-state index is 12.4. The fourth-order valence-electron chi connectivity index (χ4n) is 2.32. The predicted octanol–water partition coefficient (Wildman–Crippen LogP) is 1.29. The lowest BCUT2D eigenvalue weighted by Gasteiger charge is -2.24. The number of amides is 1. The van der Waals surface area contributed by atoms with Gasteiger partial charge in [0.1, 0.15) is 11.1 Å². The Kier molecular flexibility index (Phi) is 3.90. The summed E-state index contributed by atoms with van der Waals surface area (Å²) >= 11 is 2.24. The molecular weight excluding hydrogens is 344 g/mol. The molecule has 0 spiro atoms. The number of nitro groups is 1. The van der Waals surface area contributed by atoms with Gasteiger partial charge in [-0.25, -0.2) is 4.79 Å². The monoisotopic (exact) mass is 354 g/mol. The molecular formula is C12H10N4O5S2. The maximum atomic E-state index is 12.4. The highest BCUT2D eigenvalue weighted by Crippen LogP contribution is 2.30. The Bertz CT molecular complexity index is 815. The largest absolute Gasteiger partial charge is 0.479 e. The molecule has 3 rings (SSSR count). The lowest BCUT2D eigenvalue weighted by atomic mass is 9.98. The summed E-state index contributed by atoms with van der Waals surface area (Å²) in [5.74, 6) is -0.895. The number of carbonyl (C=O) groups is 2. The number of hydrogen-bond donors (Lipinski definition) is 2. The summed E-state index contributed by atoms with van der Waals surface area (Å²) in [6.07, 6.45) is 0.307. The van der Waals surface area contributed by atoms with E-state index in [0.29, 0.717) is 12.2 Å². The molecule has 1 fully saturated rings. The summed E-state index contributed by atoms with van der Waals surface area (Å²) in [5, 5.41) is 23.0. The molecule has 23 heavy (non-hydrogen) atoms. The van der Waals surface area contributed by atoms with Crippen molar-refractivity contribution in [1.29, 1.82) is 0 Å². The van der Waals surface area contributed by atoms with Gasteiger partial charge < -0.3 is 10.4 Å². The van der Waals surface area contributed by atoms with Crippen molar-refractivity contribution in [3.05, 3.63) is 27.8 Å². The zero-order chi connectivity index (χ0) is 16.6. The minimum absolute atomic E-state index is 0.00516. The number of carbonyl (C=O) groups excluding carboxylic acids is 1. The molecule has 1 aromatic carbocycles. The van der Waals surface area contributed by atoms with E-state index in [1.54, 1.807) is 0 Å². The first-order valence-electron chi connectivity index (χ1n) is 6.47. The Morgan fingerprint density at radius 1 is 1.39 bits per heavy atom. The minimum atomic E-state index is -1.34. The number of carboxylic acid groups (broad SMARTS) is 1. The van der Waals surface area contributed by atoms with Crippen molar-refractivity contribution >= 4 is 52.1 Å². The molecule has 2 aromatic rings. The third-order valence-corrected chi connectivity index (χ3v) is 5.32. The first-order chi connectivity index (χ1) is 10.9. The van der Waals surface area contributed by atoms with Crippen LogP contribution in [-0.2, 0) is 4.79 Å². The van der Waals surface area contributed by atoms with Crippen molar-refractivity contribution < 1.29 is 19.6 Å². The van der Waals surface area contributed by atoms with Crippen LogP contribution < -0.4 is 5.32 Å². The Morgan fingerprint density at radius 3 is 2.78 bits per heavy atom. The molecule has 1 unspecified atom stereocenters. The van der Waals surface area contributed by atoms with Gasteiger partial charge in [0.15, 0.2) is 5.52 Å². The number of carboxylic acids is 1. The van der Waals surface area contributed by atoms with E-state index in [1.807, 2.05) is 0 Å². The maximum Gasteiger partial charge on any atom is 0.330 e. The molecule has 1 aliphatic rings. The van der Waals surface area contributed by atoms with Crippen molar-refractivity contribution in [2.24, 2.45) is 0 Å². The first kappa shape index (κ1) is 15.6. The minimum Gasteiger partial charge on any atom is -0.479 e. The molecule has 1 aliphatic heterocycles. The topological polar surface area (TPSA) is 135 Å². The fraction of sp³-hybridized carbons (Fsp3) is 0.333. The van der Waals surface area contributed by atoms with Crippen LogP contribution in [0, 0.1) is 10.1 Å². The van der Waals surface area contributed by atoms with Gasteiger partial charge in [0, 0.05) is 17.4 Å². The van der Waals surface area contributed by atoms with Crippen LogP contribution in [0.4, 0.5) is 5.69 Å². The highest BCUT2D eigenvalue weighted by Gasteiger charge is 2.43. The lowest BCUT2D eigenvalue weighted by Crippen LogP contribution is -2.54. The second-order valence-corrected chi connectivity index (χ2v) is 6.66. The van der Waals surface area contributed by atoms with Gasteiger partial charge in [0.05, 0.1) is 16.7 Å². The Labute approximate surface area is 137 Å². The number of aromatic nitrogens is 2. The van der Waals surface area contributed by atoms with E-state index in [9.17, 15) is 24.8 Å². The van der Waals surface area contributed by atoms with Gasteiger partial charge in [-0.3, -0.25) is 14.9 Å². The number of nitrogens with one attached hydrogen (secondary N) is 1. The molecule has 1 aromatic heterocycles. The van der Waals surface area contributed by atoms with Crippen molar-refractivity contribution in [2.45, 2.75) is 12.0 Å². The summed E-state index contributed by atoms with van der Waals surface area (Å²) in [6, 6.07) is 2.47. The number of hydrogen-bond acceptors (Lipinski definition) is 8. The van der Waals surface area contributed by atoms with E-state index in [4.69, 9.17) is 0 Å². The molecule has 120 valence electrons. The van der Waals surface area contributed by atoms with Crippen LogP contribution in [0.2, 0.25) is 0 Å². The number of aliphatic carboxylic acids is 1. The van der Waals surface area contributed by atoms with Gasteiger partial charge in [0.25, 0.3) is 11.6 Å². The Morgan fingerprint density at radius 2 is 2.17 bits per heavy atom. The second-order valence-electron chi connectivity index (χ2n) is 5.03. The molecule has 1 atom stereocenters. The summed E-state index contributed by atoms with van der Waals surface area (Å²) < 4.78 is 7.76. The van der Waals surface area contributed by atoms with E-state index >= 15 is 0 Å². The van der Waals surface area contributed by atoms with Crippen LogP contribution in [0.5, 0.6) is 0 Å². The van der Waals surface area contributed by atoms with Gasteiger partial charge in [-0.05, 0) is 18.2 Å². The number of rotatable bonds is 4. The molecule has 0 radical (unpaired) electrons. The van der Waals surface area contributed by atoms with Gasteiger partial charge in [-0.1, -0.05) is 0 Å². The number of benzene rings is 1. The molecule has 1 amide bonds. The molecule has 0 aliphatic carbocycles. The van der Waals surface area contributed by atoms with Crippen LogP contribution in [0.15, 0.2) is 12.1 Å². The van der Waals surface area contributed by atoms with Crippen LogP contribution in [0.1, 0.15) is 16.8 Å². The zero-order valence-corrected chi connectivity index (χ0v) is 13.1. The predicted molar refractivity (Wildman–Crippen MR) is 83.8 cm³/mol. The SMILES string of the molecule is O=C(NC1(C(=O)O)CCSC1)c1cc([N+](=O)[O-])c2nsnc2c1. The molecule has 0 bridgehead atoms. The summed E-state index contributed by atoms with van der Waals surface area (Å²) in [6.45, 7) is 0. The van der Waals surface area contributed by atoms with Crippen LogP contribution in [-0.4, -0.2) is 47.7 Å². The van der Waals surface area contributed by atoms with E-state index in [1.165, 1.54) is 17.8 Å². The van der Waals surface area contributed by atoms with E-state index < -0.39 is 22.3 Å². The number of nitrogens with zero attached hydrogens (tertiary/aromatic N) is 3. The fourth-order valence-corrected chi connectivity index (χ4v) is 4.18. The average Bonchev–Trinajstić information content (AvgIpc) is 3.14. The highest BCUT2D eigenvalue weighted by atomic mass is 32.2. The van der Waals surface area contributed by atoms with Crippen molar-refractivity contribution in [3.8, 4) is 0 Å². The average molecular weight is 354 g/mol. The molecule has 0 saturated carbocycles. The van der Waals surface area contributed by atoms with Crippen LogP contribution in [0.25, 0.3) is 11.0 Å². The third kappa shape index (κ3) is 2.72. The van der Waals surface area contributed by atoms with Crippen molar-refractivity contribution in [2.75, 3.05) is 11.5 Å². The number of non-ortho nitro benzene ring substituents is 1. The third-order valence-electron chi connectivity index (χ3n) is 3.58. The molecule has 11 heteroatoms. The summed E-state index contributed by atoms with van der Waals surface area (Å²) in [4.78, 5) is 34.4. The molecule has 2 N–H and O–H groups in total. The number of thioether (sulfide) groups is 1. The molecule has 9 nitrogen and oxygen atoms in total. The van der Waals surface area contributed by atoms with Crippen LogP contribution in [0.3, 0.4) is 0 Å². The summed E-state index contributed by atoms with van der Waals surface area (Å²) in [7, 11) is 0.